The van der Waals surface area contributed by atoms with Gasteiger partial charge in [-0.1, -0.05) is 13.8 Å². The Morgan fingerprint density at radius 2 is 2.06 bits per heavy atom. The van der Waals surface area contributed by atoms with E-state index in [2.05, 4.69) is 10.6 Å². The van der Waals surface area contributed by atoms with Crippen LogP contribution in [0.2, 0.25) is 0 Å². The summed E-state index contributed by atoms with van der Waals surface area (Å²) >= 11 is 0. The zero-order chi connectivity index (χ0) is 11.8. The average Bonchev–Trinajstić information content (AvgIpc) is 2.74. The van der Waals surface area contributed by atoms with Gasteiger partial charge in [-0.05, 0) is 18.6 Å². The van der Waals surface area contributed by atoms with Crippen LogP contribution in [0.1, 0.15) is 31.8 Å². The highest BCUT2D eigenvalue weighted by atomic mass is 16.3. The number of amides is 1. The third-order valence-electron chi connectivity index (χ3n) is 2.22. The van der Waals surface area contributed by atoms with Crippen LogP contribution in [0.25, 0.3) is 0 Å². The van der Waals surface area contributed by atoms with Gasteiger partial charge in [-0.3, -0.25) is 4.79 Å². The zero-order valence-electron chi connectivity index (χ0n) is 10.0. The van der Waals surface area contributed by atoms with E-state index in [9.17, 15) is 4.79 Å². The molecule has 1 aromatic rings. The molecule has 0 bridgehead atoms. The Morgan fingerprint density at radius 1 is 1.31 bits per heavy atom. The Bertz CT molecular complexity index is 321. The number of furan rings is 1. The molecule has 4 nitrogen and oxygen atoms in total. The minimum absolute atomic E-state index is 0.0316. The van der Waals surface area contributed by atoms with E-state index in [4.69, 9.17) is 4.42 Å². The average molecular weight is 224 g/mol. The quantitative estimate of drug-likeness (QED) is 0.737. The number of hydrogen-bond donors (Lipinski definition) is 2. The molecule has 0 aromatic carbocycles. The normalized spacial score (nSPS) is 10.4. The highest BCUT2D eigenvalue weighted by Gasteiger charge is 2.02. The van der Waals surface area contributed by atoms with Crippen molar-refractivity contribution in [1.29, 1.82) is 0 Å². The van der Waals surface area contributed by atoms with Crippen molar-refractivity contribution in [2.45, 2.75) is 33.2 Å². The van der Waals surface area contributed by atoms with Crippen molar-refractivity contribution >= 4 is 5.91 Å². The molecule has 0 aliphatic rings. The van der Waals surface area contributed by atoms with Crippen LogP contribution in [0.15, 0.2) is 16.5 Å². The van der Waals surface area contributed by atoms with Crippen LogP contribution in [0.3, 0.4) is 0 Å². The summed E-state index contributed by atoms with van der Waals surface area (Å²) in [5.41, 5.74) is 0. The molecule has 1 aromatic heterocycles. The van der Waals surface area contributed by atoms with Gasteiger partial charge in [-0.2, -0.15) is 0 Å². The molecule has 0 atom stereocenters. The van der Waals surface area contributed by atoms with E-state index >= 15 is 0 Å². The Kier molecular flexibility index (Phi) is 5.64. The first-order chi connectivity index (χ1) is 7.76. The van der Waals surface area contributed by atoms with Crippen LogP contribution in [-0.2, 0) is 17.8 Å². The molecule has 2 N–H and O–H groups in total. The van der Waals surface area contributed by atoms with Gasteiger partial charge in [-0.15, -0.1) is 0 Å². The smallest absolute Gasteiger partial charge is 0.233 e. The maximum absolute atomic E-state index is 11.2. The van der Waals surface area contributed by atoms with E-state index in [0.717, 1.165) is 30.9 Å². The second-order valence-corrected chi connectivity index (χ2v) is 3.68. The Labute approximate surface area is 96.4 Å². The van der Waals surface area contributed by atoms with Crippen molar-refractivity contribution in [3.05, 3.63) is 23.7 Å². The van der Waals surface area contributed by atoms with E-state index in [1.54, 1.807) is 0 Å². The fourth-order valence-corrected chi connectivity index (χ4v) is 1.33. The van der Waals surface area contributed by atoms with E-state index in [1.165, 1.54) is 0 Å². The minimum atomic E-state index is 0.0316. The summed E-state index contributed by atoms with van der Waals surface area (Å²) in [5.74, 6) is 1.89. The standard InChI is InChI=1S/C12H20N2O2/c1-3-7-14-12(15)9-13-8-11-6-5-10(4-2)16-11/h5-6,13H,3-4,7-9H2,1-2H3,(H,14,15). The second kappa shape index (κ2) is 7.06. The van der Waals surface area contributed by atoms with Crippen LogP contribution in [0, 0.1) is 0 Å². The SMILES string of the molecule is CCCNC(=O)CNCc1ccc(CC)o1. The number of hydrogen-bond acceptors (Lipinski definition) is 3. The largest absolute Gasteiger partial charge is 0.465 e. The molecule has 4 heteroatoms. The zero-order valence-corrected chi connectivity index (χ0v) is 10.0. The summed E-state index contributed by atoms with van der Waals surface area (Å²) in [6.07, 6.45) is 1.86. The Morgan fingerprint density at radius 3 is 2.69 bits per heavy atom. The topological polar surface area (TPSA) is 54.3 Å². The predicted octanol–water partition coefficient (Wildman–Crippen LogP) is 1.46. The second-order valence-electron chi connectivity index (χ2n) is 3.68. The molecule has 90 valence electrons. The van der Waals surface area contributed by atoms with Crippen molar-refractivity contribution in [2.24, 2.45) is 0 Å². The van der Waals surface area contributed by atoms with Crippen LogP contribution in [0.5, 0.6) is 0 Å². The molecule has 0 saturated heterocycles. The van der Waals surface area contributed by atoms with Crippen LogP contribution in [-0.4, -0.2) is 19.0 Å². The van der Waals surface area contributed by atoms with Crippen LogP contribution < -0.4 is 10.6 Å². The number of rotatable bonds is 7. The molecule has 0 saturated carbocycles. The summed E-state index contributed by atoms with van der Waals surface area (Å²) in [7, 11) is 0. The minimum Gasteiger partial charge on any atom is -0.465 e. The third-order valence-corrected chi connectivity index (χ3v) is 2.22. The highest BCUT2D eigenvalue weighted by molar-refractivity contribution is 5.77. The van der Waals surface area contributed by atoms with Crippen LogP contribution in [0.4, 0.5) is 0 Å². The van der Waals surface area contributed by atoms with Crippen molar-refractivity contribution < 1.29 is 9.21 Å². The van der Waals surface area contributed by atoms with Crippen molar-refractivity contribution in [3.63, 3.8) is 0 Å². The summed E-state index contributed by atoms with van der Waals surface area (Å²) in [6, 6.07) is 3.91. The summed E-state index contributed by atoms with van der Waals surface area (Å²) < 4.78 is 5.50. The van der Waals surface area contributed by atoms with Gasteiger partial charge >= 0.3 is 0 Å². The lowest BCUT2D eigenvalue weighted by atomic mass is 10.3. The van der Waals surface area contributed by atoms with Gasteiger partial charge in [0.15, 0.2) is 0 Å². The molecular formula is C12H20N2O2. The van der Waals surface area contributed by atoms with Gasteiger partial charge < -0.3 is 15.1 Å². The third kappa shape index (κ3) is 4.49. The summed E-state index contributed by atoms with van der Waals surface area (Å²) in [6.45, 7) is 5.75. The van der Waals surface area contributed by atoms with Crippen molar-refractivity contribution in [1.82, 2.24) is 10.6 Å². The molecular weight excluding hydrogens is 204 g/mol. The van der Waals surface area contributed by atoms with Gasteiger partial charge in [0, 0.05) is 13.0 Å². The molecule has 0 aliphatic heterocycles. The molecule has 0 spiro atoms. The fraction of sp³-hybridized carbons (Fsp3) is 0.583. The summed E-state index contributed by atoms with van der Waals surface area (Å²) in [4.78, 5) is 11.2. The van der Waals surface area contributed by atoms with E-state index in [-0.39, 0.29) is 5.91 Å². The monoisotopic (exact) mass is 224 g/mol. The Balaban J connectivity index is 2.17. The molecule has 0 radical (unpaired) electrons. The van der Waals surface area contributed by atoms with E-state index in [0.29, 0.717) is 13.1 Å². The maximum Gasteiger partial charge on any atom is 0.233 e. The molecule has 1 rings (SSSR count). The lowest BCUT2D eigenvalue weighted by Gasteiger charge is -2.04. The molecule has 16 heavy (non-hydrogen) atoms. The molecule has 1 amide bonds. The van der Waals surface area contributed by atoms with Gasteiger partial charge in [0.25, 0.3) is 0 Å². The fourth-order valence-electron chi connectivity index (χ4n) is 1.33. The first kappa shape index (κ1) is 12.8. The first-order valence-electron chi connectivity index (χ1n) is 5.81. The molecule has 1 heterocycles. The number of nitrogens with one attached hydrogen (secondary N) is 2. The van der Waals surface area contributed by atoms with Crippen molar-refractivity contribution in [2.75, 3.05) is 13.1 Å². The van der Waals surface area contributed by atoms with Gasteiger partial charge in [0.05, 0.1) is 13.1 Å². The maximum atomic E-state index is 11.2. The predicted molar refractivity (Wildman–Crippen MR) is 63.1 cm³/mol. The lowest BCUT2D eigenvalue weighted by molar-refractivity contribution is -0.120. The highest BCUT2D eigenvalue weighted by Crippen LogP contribution is 2.07. The van der Waals surface area contributed by atoms with Gasteiger partial charge in [-0.25, -0.2) is 0 Å². The number of carbonyl (C=O) groups excluding carboxylic acids is 1. The van der Waals surface area contributed by atoms with Crippen molar-refractivity contribution in [3.8, 4) is 0 Å². The summed E-state index contributed by atoms with van der Waals surface area (Å²) in [5, 5.41) is 5.84. The molecule has 0 aliphatic carbocycles. The van der Waals surface area contributed by atoms with Gasteiger partial charge in [0.2, 0.25) is 5.91 Å². The number of aryl methyl sites for hydroxylation is 1. The van der Waals surface area contributed by atoms with Crippen LogP contribution >= 0.6 is 0 Å². The van der Waals surface area contributed by atoms with E-state index in [1.807, 2.05) is 26.0 Å². The first-order valence-corrected chi connectivity index (χ1v) is 5.81. The molecule has 0 fully saturated rings. The Hall–Kier alpha value is -1.29. The molecule has 0 unspecified atom stereocenters. The van der Waals surface area contributed by atoms with E-state index < -0.39 is 0 Å². The number of carbonyl (C=O) groups is 1. The van der Waals surface area contributed by atoms with Gasteiger partial charge in [0.1, 0.15) is 11.5 Å². The lowest BCUT2D eigenvalue weighted by Crippen LogP contribution is -2.33.